The number of hydrogen-bond donors (Lipinski definition) is 1. The Morgan fingerprint density at radius 2 is 1.81 bits per heavy atom. The Balaban J connectivity index is 1.81. The van der Waals surface area contributed by atoms with Crippen molar-refractivity contribution in [2.75, 3.05) is 18.6 Å². The Morgan fingerprint density at radius 1 is 1.13 bits per heavy atom. The standard InChI is InChI=1S/C24H26ClN3O3/c1-13(2)20-16(5)26-23(17-8-6-7-9-19(17)25)28(20)27-24(29)18-12-14(3)21-22(15(18)4)31-11-10-30-21/h6-9,12-13H,10-11H2,1-5H3,(H,27,29). The maximum absolute atomic E-state index is 13.4. The molecule has 0 saturated heterocycles. The van der Waals surface area contributed by atoms with Gasteiger partial charge in [-0.25, -0.2) is 9.66 Å². The van der Waals surface area contributed by atoms with E-state index >= 15 is 0 Å². The number of rotatable bonds is 4. The summed E-state index contributed by atoms with van der Waals surface area (Å²) in [5, 5.41) is 0.574. The summed E-state index contributed by atoms with van der Waals surface area (Å²) < 4.78 is 13.3. The van der Waals surface area contributed by atoms with Crippen LogP contribution in [0.2, 0.25) is 5.02 Å². The molecule has 3 aromatic rings. The lowest BCUT2D eigenvalue weighted by Crippen LogP contribution is -2.27. The number of aromatic nitrogens is 2. The van der Waals surface area contributed by atoms with E-state index in [1.54, 1.807) is 4.68 Å². The fraction of sp³-hybridized carbons (Fsp3) is 0.333. The lowest BCUT2D eigenvalue weighted by molar-refractivity contribution is 0.100. The Hall–Kier alpha value is -2.99. The second-order valence-corrected chi connectivity index (χ2v) is 8.45. The Labute approximate surface area is 187 Å². The molecule has 1 aliphatic heterocycles. The van der Waals surface area contributed by atoms with Gasteiger partial charge in [0.15, 0.2) is 17.3 Å². The number of benzene rings is 2. The summed E-state index contributed by atoms with van der Waals surface area (Å²) >= 11 is 6.45. The van der Waals surface area contributed by atoms with Crippen molar-refractivity contribution in [3.8, 4) is 22.9 Å². The quantitative estimate of drug-likeness (QED) is 0.590. The van der Waals surface area contributed by atoms with Gasteiger partial charge in [0.2, 0.25) is 0 Å². The monoisotopic (exact) mass is 439 g/mol. The predicted octanol–water partition coefficient (Wildman–Crippen LogP) is 5.41. The molecule has 162 valence electrons. The molecule has 2 heterocycles. The number of halogens is 1. The average Bonchev–Trinajstić information content (AvgIpc) is 3.06. The molecule has 1 N–H and O–H groups in total. The molecule has 0 bridgehead atoms. The van der Waals surface area contributed by atoms with E-state index in [1.807, 2.05) is 51.1 Å². The molecule has 1 amide bonds. The number of amides is 1. The third-order valence-electron chi connectivity index (χ3n) is 5.46. The van der Waals surface area contributed by atoms with E-state index in [-0.39, 0.29) is 11.8 Å². The molecule has 4 rings (SSSR count). The molecule has 2 aromatic carbocycles. The number of carbonyl (C=O) groups is 1. The molecule has 7 heteroatoms. The lowest BCUT2D eigenvalue weighted by atomic mass is 10.0. The highest BCUT2D eigenvalue weighted by molar-refractivity contribution is 6.33. The molecular weight excluding hydrogens is 414 g/mol. The third kappa shape index (κ3) is 3.76. The minimum Gasteiger partial charge on any atom is -0.486 e. The van der Waals surface area contributed by atoms with Gasteiger partial charge in [0.05, 0.1) is 16.4 Å². The summed E-state index contributed by atoms with van der Waals surface area (Å²) in [7, 11) is 0. The van der Waals surface area contributed by atoms with Crippen LogP contribution in [0.5, 0.6) is 11.5 Å². The van der Waals surface area contributed by atoms with Crippen molar-refractivity contribution in [3.63, 3.8) is 0 Å². The number of fused-ring (bicyclic) bond motifs is 1. The van der Waals surface area contributed by atoms with Crippen LogP contribution in [0.15, 0.2) is 30.3 Å². The van der Waals surface area contributed by atoms with Gasteiger partial charge in [-0.1, -0.05) is 37.6 Å². The second-order valence-electron chi connectivity index (χ2n) is 8.04. The highest BCUT2D eigenvalue weighted by atomic mass is 35.5. The van der Waals surface area contributed by atoms with Gasteiger partial charge in [-0.3, -0.25) is 10.2 Å². The number of hydrogen-bond acceptors (Lipinski definition) is 4. The van der Waals surface area contributed by atoms with E-state index in [4.69, 9.17) is 26.1 Å². The highest BCUT2D eigenvalue weighted by Crippen LogP contribution is 2.39. The van der Waals surface area contributed by atoms with Crippen LogP contribution in [0.1, 0.15) is 52.6 Å². The summed E-state index contributed by atoms with van der Waals surface area (Å²) in [5.41, 5.74) is 7.74. The van der Waals surface area contributed by atoms with Gasteiger partial charge in [0, 0.05) is 16.7 Å². The maximum atomic E-state index is 13.4. The van der Waals surface area contributed by atoms with E-state index in [9.17, 15) is 4.79 Å². The molecule has 6 nitrogen and oxygen atoms in total. The van der Waals surface area contributed by atoms with Crippen LogP contribution in [0, 0.1) is 20.8 Å². The van der Waals surface area contributed by atoms with Crippen LogP contribution in [0.3, 0.4) is 0 Å². The molecular formula is C24H26ClN3O3. The van der Waals surface area contributed by atoms with Crippen molar-refractivity contribution in [2.24, 2.45) is 0 Å². The molecule has 1 aromatic heterocycles. The summed E-state index contributed by atoms with van der Waals surface area (Å²) in [5.74, 6) is 1.84. The molecule has 0 fully saturated rings. The first kappa shape index (κ1) is 21.2. The molecule has 1 aliphatic rings. The summed E-state index contributed by atoms with van der Waals surface area (Å²) in [4.78, 5) is 18.2. The largest absolute Gasteiger partial charge is 0.486 e. The topological polar surface area (TPSA) is 65.4 Å². The van der Waals surface area contributed by atoms with Gasteiger partial charge >= 0.3 is 0 Å². The second kappa shape index (κ2) is 8.27. The van der Waals surface area contributed by atoms with Crippen molar-refractivity contribution in [1.82, 2.24) is 9.66 Å². The first-order valence-electron chi connectivity index (χ1n) is 10.3. The van der Waals surface area contributed by atoms with E-state index in [1.165, 1.54) is 0 Å². The van der Waals surface area contributed by atoms with E-state index < -0.39 is 0 Å². The van der Waals surface area contributed by atoms with Gasteiger partial charge < -0.3 is 9.47 Å². The number of carbonyl (C=O) groups excluding carboxylic acids is 1. The van der Waals surface area contributed by atoms with Crippen molar-refractivity contribution in [2.45, 2.75) is 40.5 Å². The van der Waals surface area contributed by atoms with Crippen molar-refractivity contribution >= 4 is 17.5 Å². The van der Waals surface area contributed by atoms with Crippen LogP contribution >= 0.6 is 11.6 Å². The van der Waals surface area contributed by atoms with E-state index in [0.717, 1.165) is 28.1 Å². The van der Waals surface area contributed by atoms with E-state index in [2.05, 4.69) is 19.3 Å². The average molecular weight is 440 g/mol. The number of ether oxygens (including phenoxy) is 2. The first-order chi connectivity index (χ1) is 14.8. The zero-order chi connectivity index (χ0) is 22.3. The third-order valence-corrected chi connectivity index (χ3v) is 5.79. The highest BCUT2D eigenvalue weighted by Gasteiger charge is 2.25. The summed E-state index contributed by atoms with van der Waals surface area (Å²) in [6, 6.07) is 9.33. The van der Waals surface area contributed by atoms with Crippen LogP contribution in [0.4, 0.5) is 0 Å². The van der Waals surface area contributed by atoms with Gasteiger partial charge in [0.1, 0.15) is 13.2 Å². The zero-order valence-electron chi connectivity index (χ0n) is 18.4. The van der Waals surface area contributed by atoms with Crippen molar-refractivity contribution in [1.29, 1.82) is 0 Å². The zero-order valence-corrected chi connectivity index (χ0v) is 19.1. The fourth-order valence-corrected chi connectivity index (χ4v) is 4.27. The van der Waals surface area contributed by atoms with Crippen molar-refractivity contribution < 1.29 is 14.3 Å². The number of nitrogens with one attached hydrogen (secondary N) is 1. The van der Waals surface area contributed by atoms with Crippen LogP contribution in [0.25, 0.3) is 11.4 Å². The van der Waals surface area contributed by atoms with Crippen LogP contribution < -0.4 is 14.9 Å². The Bertz CT molecular complexity index is 1170. The molecule has 0 saturated carbocycles. The van der Waals surface area contributed by atoms with Gasteiger partial charge in [-0.2, -0.15) is 0 Å². The van der Waals surface area contributed by atoms with E-state index in [0.29, 0.717) is 41.1 Å². The Morgan fingerprint density at radius 3 is 2.48 bits per heavy atom. The Kier molecular flexibility index (Phi) is 5.67. The minimum atomic E-state index is -0.245. The minimum absolute atomic E-state index is 0.145. The number of nitrogens with zero attached hydrogens (tertiary/aromatic N) is 2. The summed E-state index contributed by atoms with van der Waals surface area (Å²) in [6.07, 6.45) is 0. The molecule has 0 unspecified atom stereocenters. The molecule has 0 radical (unpaired) electrons. The molecule has 0 aliphatic carbocycles. The number of imidazole rings is 1. The molecule has 0 atom stereocenters. The van der Waals surface area contributed by atoms with Gasteiger partial charge in [0.25, 0.3) is 5.91 Å². The molecule has 31 heavy (non-hydrogen) atoms. The lowest BCUT2D eigenvalue weighted by Gasteiger charge is -2.24. The molecule has 0 spiro atoms. The van der Waals surface area contributed by atoms with Crippen molar-refractivity contribution in [3.05, 3.63) is 63.4 Å². The smallest absolute Gasteiger partial charge is 0.270 e. The number of aryl methyl sites for hydroxylation is 2. The SMILES string of the molecule is Cc1cc(C(=O)Nn2c(-c3ccccc3Cl)nc(C)c2C(C)C)c(C)c2c1OCCO2. The fourth-order valence-electron chi connectivity index (χ4n) is 4.05. The predicted molar refractivity (Wildman–Crippen MR) is 122 cm³/mol. The van der Waals surface area contributed by atoms with Crippen LogP contribution in [-0.4, -0.2) is 28.8 Å². The summed E-state index contributed by atoms with van der Waals surface area (Å²) in [6.45, 7) is 10.8. The van der Waals surface area contributed by atoms with Gasteiger partial charge in [-0.15, -0.1) is 0 Å². The normalized spacial score (nSPS) is 12.9. The van der Waals surface area contributed by atoms with Gasteiger partial charge in [-0.05, 0) is 50.5 Å². The first-order valence-corrected chi connectivity index (χ1v) is 10.7. The van der Waals surface area contributed by atoms with Crippen LogP contribution in [-0.2, 0) is 0 Å². The maximum Gasteiger partial charge on any atom is 0.270 e.